The summed E-state index contributed by atoms with van der Waals surface area (Å²) in [4.78, 5) is 12.0. The molecule has 30 heavy (non-hydrogen) atoms. The first kappa shape index (κ1) is 23.0. The minimum absolute atomic E-state index is 0. The molecular formula is C23H33IN6. The monoisotopic (exact) mass is 520 g/mol. The molecule has 0 unspecified atom stereocenters. The predicted octanol–water partition coefficient (Wildman–Crippen LogP) is 0.0661. The molecule has 0 radical (unpaired) electrons. The maximum atomic E-state index is 4.90. The number of halogens is 1. The molecule has 1 aliphatic rings. The van der Waals surface area contributed by atoms with Crippen molar-refractivity contribution in [1.29, 1.82) is 0 Å². The number of para-hydroxylation sites is 2. The Hall–Kier alpha value is -1.71. The van der Waals surface area contributed by atoms with Crippen molar-refractivity contribution in [2.75, 3.05) is 52.6 Å². The summed E-state index contributed by atoms with van der Waals surface area (Å²) < 4.78 is 3.29. The van der Waals surface area contributed by atoms with Gasteiger partial charge in [0.1, 0.15) is 0 Å². The third kappa shape index (κ3) is 5.92. The van der Waals surface area contributed by atoms with Gasteiger partial charge in [-0.25, -0.2) is 4.98 Å². The average Bonchev–Trinajstić information content (AvgIpc) is 3.05. The SMILES string of the molecule is C[N+](C)(C)CCN1CCC(Nc2nc3ccccc3n2Cc2ccccn2)CC1.[I-]. The Morgan fingerprint density at radius 3 is 2.47 bits per heavy atom. The van der Waals surface area contributed by atoms with E-state index < -0.39 is 0 Å². The highest BCUT2D eigenvalue weighted by molar-refractivity contribution is 5.78. The van der Waals surface area contributed by atoms with Crippen molar-refractivity contribution >= 4 is 17.0 Å². The first-order valence-electron chi connectivity index (χ1n) is 10.6. The van der Waals surface area contributed by atoms with Crippen molar-refractivity contribution in [3.8, 4) is 0 Å². The molecule has 0 amide bonds. The molecule has 6 nitrogen and oxygen atoms in total. The van der Waals surface area contributed by atoms with Crippen LogP contribution in [0.2, 0.25) is 0 Å². The van der Waals surface area contributed by atoms with E-state index in [0.717, 1.165) is 59.6 Å². The number of likely N-dealkylation sites (tertiary alicyclic amines) is 1. The number of quaternary nitrogens is 1. The summed E-state index contributed by atoms with van der Waals surface area (Å²) in [5.41, 5.74) is 3.24. The highest BCUT2D eigenvalue weighted by atomic mass is 127. The van der Waals surface area contributed by atoms with Gasteiger partial charge in [0.25, 0.3) is 0 Å². The number of nitrogens with one attached hydrogen (secondary N) is 1. The summed E-state index contributed by atoms with van der Waals surface area (Å²) in [6.07, 6.45) is 4.17. The Morgan fingerprint density at radius 1 is 1.03 bits per heavy atom. The largest absolute Gasteiger partial charge is 1.00 e. The van der Waals surface area contributed by atoms with E-state index in [9.17, 15) is 0 Å². The van der Waals surface area contributed by atoms with Crippen LogP contribution in [0.25, 0.3) is 11.0 Å². The summed E-state index contributed by atoms with van der Waals surface area (Å²) in [5.74, 6) is 0.960. The fourth-order valence-corrected chi connectivity index (χ4v) is 3.92. The maximum Gasteiger partial charge on any atom is 0.204 e. The van der Waals surface area contributed by atoms with Crippen molar-refractivity contribution in [2.24, 2.45) is 0 Å². The van der Waals surface area contributed by atoms with Crippen molar-refractivity contribution in [2.45, 2.75) is 25.4 Å². The lowest BCUT2D eigenvalue weighted by Crippen LogP contribution is -3.00. The molecular weight excluding hydrogens is 487 g/mol. The summed E-state index contributed by atoms with van der Waals surface area (Å²) >= 11 is 0. The second-order valence-corrected chi connectivity index (χ2v) is 9.11. The summed E-state index contributed by atoms with van der Waals surface area (Å²) in [7, 11) is 6.79. The molecule has 0 saturated carbocycles. The molecule has 1 saturated heterocycles. The summed E-state index contributed by atoms with van der Waals surface area (Å²) in [6, 6.07) is 14.9. The van der Waals surface area contributed by atoms with Crippen LogP contribution in [-0.2, 0) is 6.54 Å². The predicted molar refractivity (Wildman–Crippen MR) is 119 cm³/mol. The third-order valence-electron chi connectivity index (χ3n) is 5.71. The van der Waals surface area contributed by atoms with E-state index in [0.29, 0.717) is 6.04 Å². The van der Waals surface area contributed by atoms with Gasteiger partial charge < -0.3 is 38.3 Å². The van der Waals surface area contributed by atoms with Gasteiger partial charge in [0.2, 0.25) is 5.95 Å². The molecule has 7 heteroatoms. The van der Waals surface area contributed by atoms with Crippen LogP contribution in [0.1, 0.15) is 18.5 Å². The smallest absolute Gasteiger partial charge is 0.204 e. The zero-order chi connectivity index (χ0) is 20.3. The Labute approximate surface area is 196 Å². The van der Waals surface area contributed by atoms with E-state index in [1.54, 1.807) is 0 Å². The van der Waals surface area contributed by atoms with E-state index in [1.165, 1.54) is 13.1 Å². The van der Waals surface area contributed by atoms with Gasteiger partial charge in [-0.15, -0.1) is 0 Å². The second kappa shape index (κ2) is 10.1. The van der Waals surface area contributed by atoms with Gasteiger partial charge in [0.05, 0.1) is 51.0 Å². The van der Waals surface area contributed by atoms with Gasteiger partial charge in [0.15, 0.2) is 0 Å². The van der Waals surface area contributed by atoms with E-state index in [4.69, 9.17) is 4.98 Å². The van der Waals surface area contributed by atoms with Crippen molar-refractivity contribution in [3.05, 3.63) is 54.4 Å². The molecule has 3 heterocycles. The fraction of sp³-hybridized carbons (Fsp3) is 0.478. The number of rotatable bonds is 7. The highest BCUT2D eigenvalue weighted by Gasteiger charge is 2.22. The maximum absolute atomic E-state index is 4.90. The number of likely N-dealkylation sites (N-methyl/N-ethyl adjacent to an activating group) is 1. The van der Waals surface area contributed by atoms with Gasteiger partial charge in [-0.05, 0) is 37.1 Å². The van der Waals surface area contributed by atoms with Crippen LogP contribution >= 0.6 is 0 Å². The standard InChI is InChI=1S/C23H33N6.HI/c1-29(2,3)17-16-27-14-11-19(12-15-27)25-23-26-21-9-4-5-10-22(21)28(23)18-20-8-6-7-13-24-20;/h4-10,13,19H,11-12,14-18H2,1-3H3,(H,25,26);1H/q+1;/p-1. The van der Waals surface area contributed by atoms with Crippen LogP contribution in [0.4, 0.5) is 5.95 Å². The number of aromatic nitrogens is 3. The van der Waals surface area contributed by atoms with Crippen LogP contribution in [-0.4, -0.2) is 77.3 Å². The molecule has 1 fully saturated rings. The Kier molecular flexibility index (Phi) is 7.70. The lowest BCUT2D eigenvalue weighted by atomic mass is 10.1. The molecule has 0 spiro atoms. The number of anilines is 1. The zero-order valence-corrected chi connectivity index (χ0v) is 20.4. The van der Waals surface area contributed by atoms with E-state index in [-0.39, 0.29) is 24.0 Å². The van der Waals surface area contributed by atoms with Crippen LogP contribution in [0.3, 0.4) is 0 Å². The van der Waals surface area contributed by atoms with Gasteiger partial charge in [0, 0.05) is 31.9 Å². The number of hydrogen-bond donors (Lipinski definition) is 1. The molecule has 1 N–H and O–H groups in total. The Morgan fingerprint density at radius 2 is 1.77 bits per heavy atom. The zero-order valence-electron chi connectivity index (χ0n) is 18.3. The molecule has 0 aliphatic carbocycles. The summed E-state index contributed by atoms with van der Waals surface area (Å²) in [6.45, 7) is 5.40. The third-order valence-corrected chi connectivity index (χ3v) is 5.71. The molecule has 2 aromatic heterocycles. The van der Waals surface area contributed by atoms with Crippen molar-refractivity contribution in [3.63, 3.8) is 0 Å². The average molecular weight is 520 g/mol. The van der Waals surface area contributed by atoms with Gasteiger partial charge in [-0.2, -0.15) is 0 Å². The molecule has 0 atom stereocenters. The Bertz CT molecular complexity index is 926. The number of nitrogens with zero attached hydrogens (tertiary/aromatic N) is 5. The number of benzene rings is 1. The second-order valence-electron chi connectivity index (χ2n) is 9.11. The van der Waals surface area contributed by atoms with E-state index >= 15 is 0 Å². The minimum Gasteiger partial charge on any atom is -1.00 e. The van der Waals surface area contributed by atoms with Crippen LogP contribution < -0.4 is 29.3 Å². The van der Waals surface area contributed by atoms with Gasteiger partial charge in [-0.1, -0.05) is 18.2 Å². The molecule has 3 aromatic rings. The normalized spacial score (nSPS) is 15.8. The number of hydrogen-bond acceptors (Lipinski definition) is 4. The van der Waals surface area contributed by atoms with Gasteiger partial charge in [-0.3, -0.25) is 9.88 Å². The quantitative estimate of drug-likeness (QED) is 0.354. The van der Waals surface area contributed by atoms with E-state index in [1.807, 2.05) is 18.3 Å². The van der Waals surface area contributed by atoms with Crippen molar-refractivity contribution in [1.82, 2.24) is 19.4 Å². The van der Waals surface area contributed by atoms with Crippen LogP contribution in [0, 0.1) is 0 Å². The molecule has 4 rings (SSSR count). The Balaban J connectivity index is 0.00000256. The lowest BCUT2D eigenvalue weighted by Gasteiger charge is -2.34. The summed E-state index contributed by atoms with van der Waals surface area (Å²) in [5, 5.41) is 3.75. The van der Waals surface area contributed by atoms with Crippen LogP contribution in [0.5, 0.6) is 0 Å². The number of pyridine rings is 1. The number of imidazole rings is 1. The number of fused-ring (bicyclic) bond motifs is 1. The van der Waals surface area contributed by atoms with E-state index in [2.05, 4.69) is 71.2 Å². The topological polar surface area (TPSA) is 46.0 Å². The first-order valence-corrected chi connectivity index (χ1v) is 10.6. The lowest BCUT2D eigenvalue weighted by molar-refractivity contribution is -0.869. The molecule has 0 bridgehead atoms. The first-order chi connectivity index (χ1) is 14.0. The molecule has 162 valence electrons. The van der Waals surface area contributed by atoms with Crippen LogP contribution in [0.15, 0.2) is 48.7 Å². The minimum atomic E-state index is 0. The molecule has 1 aromatic carbocycles. The number of piperidine rings is 1. The van der Waals surface area contributed by atoms with Crippen molar-refractivity contribution < 1.29 is 28.5 Å². The fourth-order valence-electron chi connectivity index (χ4n) is 3.92. The highest BCUT2D eigenvalue weighted by Crippen LogP contribution is 2.23. The molecule has 1 aliphatic heterocycles. The van der Waals surface area contributed by atoms with Gasteiger partial charge >= 0.3 is 0 Å².